The van der Waals surface area contributed by atoms with E-state index < -0.39 is 0 Å². The fourth-order valence-corrected chi connectivity index (χ4v) is 2.76. The van der Waals surface area contributed by atoms with Crippen molar-refractivity contribution in [1.82, 2.24) is 9.80 Å². The van der Waals surface area contributed by atoms with E-state index in [1.807, 2.05) is 0 Å². The Morgan fingerprint density at radius 3 is 2.12 bits per heavy atom. The van der Waals surface area contributed by atoms with Gasteiger partial charge in [0.2, 0.25) is 0 Å². The van der Waals surface area contributed by atoms with E-state index in [1.54, 1.807) is 0 Å². The van der Waals surface area contributed by atoms with Crippen molar-refractivity contribution in [2.24, 2.45) is 5.73 Å². The monoisotopic (exact) mass is 227 g/mol. The van der Waals surface area contributed by atoms with Crippen molar-refractivity contribution < 1.29 is 0 Å². The van der Waals surface area contributed by atoms with Crippen molar-refractivity contribution in [3.63, 3.8) is 0 Å². The first-order valence-electron chi connectivity index (χ1n) is 6.83. The van der Waals surface area contributed by atoms with Gasteiger partial charge in [0.15, 0.2) is 0 Å². The van der Waals surface area contributed by atoms with Gasteiger partial charge in [0.05, 0.1) is 0 Å². The summed E-state index contributed by atoms with van der Waals surface area (Å²) < 4.78 is 0. The molecule has 0 aromatic carbocycles. The quantitative estimate of drug-likeness (QED) is 0.747. The Morgan fingerprint density at radius 1 is 1.06 bits per heavy atom. The van der Waals surface area contributed by atoms with E-state index in [2.05, 4.69) is 30.6 Å². The molecule has 1 atom stereocenters. The zero-order valence-electron chi connectivity index (χ0n) is 11.3. The van der Waals surface area contributed by atoms with Gasteiger partial charge in [-0.25, -0.2) is 0 Å². The molecule has 96 valence electrons. The van der Waals surface area contributed by atoms with Crippen LogP contribution in [0.2, 0.25) is 0 Å². The third-order valence-electron chi connectivity index (χ3n) is 3.90. The fourth-order valence-electron chi connectivity index (χ4n) is 2.76. The van der Waals surface area contributed by atoms with Crippen molar-refractivity contribution in [2.45, 2.75) is 45.6 Å². The molecule has 3 heteroatoms. The average molecular weight is 227 g/mol. The van der Waals surface area contributed by atoms with E-state index in [0.29, 0.717) is 0 Å². The number of piperazine rings is 1. The first-order valence-corrected chi connectivity index (χ1v) is 6.83. The first-order chi connectivity index (χ1) is 7.66. The van der Waals surface area contributed by atoms with Crippen LogP contribution in [0.25, 0.3) is 0 Å². The molecule has 0 amide bonds. The summed E-state index contributed by atoms with van der Waals surface area (Å²) in [6.45, 7) is 13.7. The normalized spacial score (nSPS) is 23.2. The third-order valence-corrected chi connectivity index (χ3v) is 3.90. The van der Waals surface area contributed by atoms with Crippen molar-refractivity contribution in [2.75, 3.05) is 39.3 Å². The number of nitrogens with two attached hydrogens (primary N) is 1. The number of nitrogens with zero attached hydrogens (tertiary/aromatic N) is 2. The van der Waals surface area contributed by atoms with Crippen LogP contribution in [0.5, 0.6) is 0 Å². The molecule has 1 rings (SSSR count). The van der Waals surface area contributed by atoms with Crippen LogP contribution >= 0.6 is 0 Å². The fraction of sp³-hybridized carbons (Fsp3) is 1.00. The minimum Gasteiger partial charge on any atom is -0.329 e. The summed E-state index contributed by atoms with van der Waals surface area (Å²) in [5.74, 6) is 0. The highest BCUT2D eigenvalue weighted by Gasteiger charge is 2.31. The lowest BCUT2D eigenvalue weighted by atomic mass is 9.93. The molecule has 0 aromatic heterocycles. The van der Waals surface area contributed by atoms with Crippen LogP contribution in [-0.4, -0.2) is 54.6 Å². The van der Waals surface area contributed by atoms with Gasteiger partial charge in [-0.15, -0.1) is 0 Å². The summed E-state index contributed by atoms with van der Waals surface area (Å²) in [7, 11) is 0. The van der Waals surface area contributed by atoms with Crippen LogP contribution < -0.4 is 5.73 Å². The van der Waals surface area contributed by atoms with Crippen molar-refractivity contribution >= 4 is 0 Å². The smallest absolute Gasteiger partial charge is 0.0304 e. The highest BCUT2D eigenvalue weighted by Crippen LogP contribution is 2.21. The lowest BCUT2D eigenvalue weighted by Crippen LogP contribution is -2.58. The van der Waals surface area contributed by atoms with E-state index >= 15 is 0 Å². The second-order valence-electron chi connectivity index (χ2n) is 5.28. The molecule has 1 heterocycles. The molecule has 1 unspecified atom stereocenters. The molecule has 1 saturated heterocycles. The second-order valence-corrected chi connectivity index (χ2v) is 5.28. The van der Waals surface area contributed by atoms with Crippen LogP contribution in [-0.2, 0) is 0 Å². The average Bonchev–Trinajstić information content (AvgIpc) is 2.30. The van der Waals surface area contributed by atoms with E-state index in [1.165, 1.54) is 52.0 Å². The van der Waals surface area contributed by atoms with Gasteiger partial charge in [-0.2, -0.15) is 0 Å². The van der Waals surface area contributed by atoms with Gasteiger partial charge in [0, 0.05) is 38.3 Å². The molecule has 0 spiro atoms. The molecule has 0 radical (unpaired) electrons. The maximum Gasteiger partial charge on any atom is 0.0304 e. The molecule has 0 aliphatic carbocycles. The highest BCUT2D eigenvalue weighted by molar-refractivity contribution is 4.89. The third kappa shape index (κ3) is 3.44. The highest BCUT2D eigenvalue weighted by atomic mass is 15.3. The Labute approximate surface area is 101 Å². The van der Waals surface area contributed by atoms with Gasteiger partial charge in [0.25, 0.3) is 0 Å². The van der Waals surface area contributed by atoms with Crippen molar-refractivity contribution in [3.05, 3.63) is 0 Å². The molecular weight excluding hydrogens is 198 g/mol. The summed E-state index contributed by atoms with van der Waals surface area (Å²) >= 11 is 0. The zero-order valence-corrected chi connectivity index (χ0v) is 11.3. The van der Waals surface area contributed by atoms with Gasteiger partial charge < -0.3 is 10.6 Å². The predicted octanol–water partition coefficient (Wildman–Crippen LogP) is 1.53. The minimum absolute atomic E-state index is 0.229. The zero-order chi connectivity index (χ0) is 12.0. The largest absolute Gasteiger partial charge is 0.329 e. The maximum absolute atomic E-state index is 5.96. The van der Waals surface area contributed by atoms with Crippen LogP contribution in [0.4, 0.5) is 0 Å². The van der Waals surface area contributed by atoms with E-state index in [-0.39, 0.29) is 5.54 Å². The summed E-state index contributed by atoms with van der Waals surface area (Å²) in [5.41, 5.74) is 6.19. The van der Waals surface area contributed by atoms with Gasteiger partial charge >= 0.3 is 0 Å². The SMILES string of the molecule is CCCN1CCN(C(C)(CN)CCC)CC1. The molecule has 0 bridgehead atoms. The molecule has 0 aromatic rings. The molecule has 2 N–H and O–H groups in total. The standard InChI is InChI=1S/C13H29N3/c1-4-6-13(3,12-14)16-10-8-15(7-5-2)9-11-16/h4-12,14H2,1-3H3. The summed E-state index contributed by atoms with van der Waals surface area (Å²) in [4.78, 5) is 5.17. The number of rotatable bonds is 6. The second kappa shape index (κ2) is 6.58. The Morgan fingerprint density at radius 2 is 1.69 bits per heavy atom. The Kier molecular flexibility index (Phi) is 5.73. The van der Waals surface area contributed by atoms with E-state index in [9.17, 15) is 0 Å². The van der Waals surface area contributed by atoms with Gasteiger partial charge in [-0.05, 0) is 26.3 Å². The van der Waals surface area contributed by atoms with Gasteiger partial charge in [-0.1, -0.05) is 20.3 Å². The van der Waals surface area contributed by atoms with E-state index in [0.717, 1.165) is 6.54 Å². The Hall–Kier alpha value is -0.120. The number of hydrogen-bond donors (Lipinski definition) is 1. The molecular formula is C13H29N3. The predicted molar refractivity (Wildman–Crippen MR) is 70.7 cm³/mol. The van der Waals surface area contributed by atoms with Crippen molar-refractivity contribution in [3.8, 4) is 0 Å². The lowest BCUT2D eigenvalue weighted by molar-refractivity contribution is 0.0411. The summed E-state index contributed by atoms with van der Waals surface area (Å²) in [5, 5.41) is 0. The van der Waals surface area contributed by atoms with Crippen LogP contribution in [0.1, 0.15) is 40.0 Å². The van der Waals surface area contributed by atoms with Gasteiger partial charge in [-0.3, -0.25) is 4.90 Å². The minimum atomic E-state index is 0.229. The molecule has 1 fully saturated rings. The molecule has 1 aliphatic heterocycles. The van der Waals surface area contributed by atoms with Crippen LogP contribution in [0.3, 0.4) is 0 Å². The molecule has 1 aliphatic rings. The van der Waals surface area contributed by atoms with Crippen molar-refractivity contribution in [1.29, 1.82) is 0 Å². The summed E-state index contributed by atoms with van der Waals surface area (Å²) in [6, 6.07) is 0. The topological polar surface area (TPSA) is 32.5 Å². The van der Waals surface area contributed by atoms with Crippen LogP contribution in [0.15, 0.2) is 0 Å². The first kappa shape index (κ1) is 13.9. The van der Waals surface area contributed by atoms with E-state index in [4.69, 9.17) is 5.73 Å². The number of hydrogen-bond acceptors (Lipinski definition) is 3. The Balaban J connectivity index is 2.44. The Bertz CT molecular complexity index is 188. The molecule has 16 heavy (non-hydrogen) atoms. The summed E-state index contributed by atoms with van der Waals surface area (Å²) in [6.07, 6.45) is 3.71. The molecule has 0 saturated carbocycles. The van der Waals surface area contributed by atoms with Crippen LogP contribution in [0, 0.1) is 0 Å². The lowest BCUT2D eigenvalue weighted by Gasteiger charge is -2.45. The molecule has 3 nitrogen and oxygen atoms in total. The maximum atomic E-state index is 5.96. The van der Waals surface area contributed by atoms with Gasteiger partial charge in [0.1, 0.15) is 0 Å².